The third-order valence-corrected chi connectivity index (χ3v) is 3.85. The van der Waals surface area contributed by atoms with Gasteiger partial charge in [0.05, 0.1) is 22.9 Å². The first kappa shape index (κ1) is 13.8. The SMILES string of the molecule is Cc1cc(CC(N)c2cc(C)c3ccccc3n2)n(C)n1. The second-order valence-electron chi connectivity index (χ2n) is 5.59. The maximum Gasteiger partial charge on any atom is 0.0708 e. The molecule has 1 atom stereocenters. The van der Waals surface area contributed by atoms with Crippen molar-refractivity contribution in [3.63, 3.8) is 0 Å². The lowest BCUT2D eigenvalue weighted by Gasteiger charge is -2.13. The molecule has 0 saturated carbocycles. The van der Waals surface area contributed by atoms with E-state index < -0.39 is 0 Å². The number of aryl methyl sites for hydroxylation is 3. The van der Waals surface area contributed by atoms with E-state index in [2.05, 4.69) is 30.2 Å². The highest BCUT2D eigenvalue weighted by Gasteiger charge is 2.13. The van der Waals surface area contributed by atoms with Crippen molar-refractivity contribution >= 4 is 10.9 Å². The third-order valence-electron chi connectivity index (χ3n) is 3.85. The quantitative estimate of drug-likeness (QED) is 0.802. The molecule has 108 valence electrons. The van der Waals surface area contributed by atoms with Crippen LogP contribution in [-0.4, -0.2) is 14.8 Å². The van der Waals surface area contributed by atoms with Gasteiger partial charge in [0.2, 0.25) is 0 Å². The van der Waals surface area contributed by atoms with E-state index in [4.69, 9.17) is 10.7 Å². The Balaban J connectivity index is 1.94. The van der Waals surface area contributed by atoms with Crippen molar-refractivity contribution in [3.05, 3.63) is 59.0 Å². The number of hydrogen-bond donors (Lipinski definition) is 1. The smallest absolute Gasteiger partial charge is 0.0708 e. The van der Waals surface area contributed by atoms with E-state index in [0.717, 1.165) is 29.0 Å². The second-order valence-corrected chi connectivity index (χ2v) is 5.59. The van der Waals surface area contributed by atoms with E-state index in [9.17, 15) is 0 Å². The maximum absolute atomic E-state index is 6.36. The van der Waals surface area contributed by atoms with Gasteiger partial charge in [-0.3, -0.25) is 9.67 Å². The third kappa shape index (κ3) is 2.67. The predicted octanol–water partition coefficient (Wildman–Crippen LogP) is 2.83. The summed E-state index contributed by atoms with van der Waals surface area (Å²) in [6.45, 7) is 4.10. The molecule has 2 aromatic heterocycles. The first-order chi connectivity index (χ1) is 10.0. The van der Waals surface area contributed by atoms with Gasteiger partial charge in [0.25, 0.3) is 0 Å². The van der Waals surface area contributed by atoms with Crippen LogP contribution in [-0.2, 0) is 13.5 Å². The van der Waals surface area contributed by atoms with Crippen molar-refractivity contribution in [1.29, 1.82) is 0 Å². The molecular weight excluding hydrogens is 260 g/mol. The van der Waals surface area contributed by atoms with E-state index in [-0.39, 0.29) is 6.04 Å². The average molecular weight is 280 g/mol. The van der Waals surface area contributed by atoms with Crippen LogP contribution >= 0.6 is 0 Å². The number of aromatic nitrogens is 3. The molecule has 0 saturated heterocycles. The number of nitrogens with zero attached hydrogens (tertiary/aromatic N) is 3. The number of pyridine rings is 1. The summed E-state index contributed by atoms with van der Waals surface area (Å²) < 4.78 is 1.89. The number of hydrogen-bond acceptors (Lipinski definition) is 3. The van der Waals surface area contributed by atoms with E-state index in [1.165, 1.54) is 10.9 Å². The fourth-order valence-electron chi connectivity index (χ4n) is 2.75. The van der Waals surface area contributed by atoms with E-state index in [0.29, 0.717) is 0 Å². The summed E-state index contributed by atoms with van der Waals surface area (Å²) in [6, 6.07) is 12.2. The Morgan fingerprint density at radius 2 is 1.95 bits per heavy atom. The highest BCUT2D eigenvalue weighted by molar-refractivity contribution is 5.82. The fraction of sp³-hybridized carbons (Fsp3) is 0.294. The number of nitrogens with two attached hydrogens (primary N) is 1. The molecule has 0 aliphatic heterocycles. The Hall–Kier alpha value is -2.20. The molecule has 0 amide bonds. The van der Waals surface area contributed by atoms with Crippen LogP contribution in [0.1, 0.15) is 28.7 Å². The van der Waals surface area contributed by atoms with Gasteiger partial charge in [-0.05, 0) is 37.6 Å². The zero-order chi connectivity index (χ0) is 15.0. The topological polar surface area (TPSA) is 56.7 Å². The van der Waals surface area contributed by atoms with Crippen molar-refractivity contribution < 1.29 is 0 Å². The summed E-state index contributed by atoms with van der Waals surface area (Å²) in [5.74, 6) is 0. The van der Waals surface area contributed by atoms with Crippen molar-refractivity contribution in [3.8, 4) is 0 Å². The zero-order valence-electron chi connectivity index (χ0n) is 12.7. The molecule has 0 aliphatic carbocycles. The van der Waals surface area contributed by atoms with Crippen LogP contribution in [0.25, 0.3) is 10.9 Å². The highest BCUT2D eigenvalue weighted by atomic mass is 15.3. The molecule has 1 aromatic carbocycles. The first-order valence-corrected chi connectivity index (χ1v) is 7.16. The lowest BCUT2D eigenvalue weighted by atomic mass is 10.0. The molecule has 0 bridgehead atoms. The molecule has 3 rings (SSSR count). The predicted molar refractivity (Wildman–Crippen MR) is 85.1 cm³/mol. The van der Waals surface area contributed by atoms with Gasteiger partial charge in [-0.1, -0.05) is 18.2 Å². The van der Waals surface area contributed by atoms with Gasteiger partial charge < -0.3 is 5.73 Å². The minimum Gasteiger partial charge on any atom is -0.322 e. The molecule has 2 heterocycles. The maximum atomic E-state index is 6.36. The average Bonchev–Trinajstić information content (AvgIpc) is 2.77. The molecule has 3 aromatic rings. The first-order valence-electron chi connectivity index (χ1n) is 7.16. The molecular formula is C17H20N4. The van der Waals surface area contributed by atoms with Crippen molar-refractivity contribution in [2.45, 2.75) is 26.3 Å². The summed E-state index contributed by atoms with van der Waals surface area (Å²) >= 11 is 0. The Morgan fingerprint density at radius 3 is 2.67 bits per heavy atom. The summed E-state index contributed by atoms with van der Waals surface area (Å²) in [5, 5.41) is 5.55. The minimum atomic E-state index is -0.122. The Morgan fingerprint density at radius 1 is 1.19 bits per heavy atom. The summed E-state index contributed by atoms with van der Waals surface area (Å²) in [4.78, 5) is 4.71. The number of para-hydroxylation sites is 1. The number of benzene rings is 1. The fourth-order valence-corrected chi connectivity index (χ4v) is 2.75. The van der Waals surface area contributed by atoms with Gasteiger partial charge in [-0.2, -0.15) is 5.10 Å². The van der Waals surface area contributed by atoms with Crippen LogP contribution in [0, 0.1) is 13.8 Å². The lowest BCUT2D eigenvalue weighted by molar-refractivity contribution is 0.630. The van der Waals surface area contributed by atoms with Crippen LogP contribution < -0.4 is 5.73 Å². The van der Waals surface area contributed by atoms with Gasteiger partial charge in [0, 0.05) is 24.5 Å². The van der Waals surface area contributed by atoms with Gasteiger partial charge in [0.1, 0.15) is 0 Å². The summed E-state index contributed by atoms with van der Waals surface area (Å²) in [7, 11) is 1.95. The van der Waals surface area contributed by atoms with Gasteiger partial charge in [-0.25, -0.2) is 0 Å². The molecule has 2 N–H and O–H groups in total. The van der Waals surface area contributed by atoms with Gasteiger partial charge in [0.15, 0.2) is 0 Å². The Bertz CT molecular complexity index is 789. The van der Waals surface area contributed by atoms with Crippen LogP contribution in [0.15, 0.2) is 36.4 Å². The molecule has 4 heteroatoms. The Labute approximate surface area is 124 Å². The molecule has 0 spiro atoms. The van der Waals surface area contributed by atoms with Gasteiger partial charge >= 0.3 is 0 Å². The van der Waals surface area contributed by atoms with E-state index in [1.807, 2.05) is 36.9 Å². The molecule has 0 fully saturated rings. The normalized spacial score (nSPS) is 12.8. The van der Waals surface area contributed by atoms with Crippen LogP contribution in [0.2, 0.25) is 0 Å². The Kier molecular flexibility index (Phi) is 3.47. The molecule has 21 heavy (non-hydrogen) atoms. The van der Waals surface area contributed by atoms with Crippen LogP contribution in [0.5, 0.6) is 0 Å². The molecule has 0 aliphatic rings. The van der Waals surface area contributed by atoms with Crippen LogP contribution in [0.4, 0.5) is 0 Å². The van der Waals surface area contributed by atoms with E-state index in [1.54, 1.807) is 0 Å². The minimum absolute atomic E-state index is 0.122. The molecule has 1 unspecified atom stereocenters. The van der Waals surface area contributed by atoms with E-state index >= 15 is 0 Å². The second kappa shape index (κ2) is 5.30. The zero-order valence-corrected chi connectivity index (χ0v) is 12.7. The standard InChI is InChI=1S/C17H20N4/c1-11-8-17(19-16-7-5-4-6-14(11)16)15(18)10-13-9-12(2)20-21(13)3/h4-9,15H,10,18H2,1-3H3. The molecule has 0 radical (unpaired) electrons. The number of rotatable bonds is 3. The monoisotopic (exact) mass is 280 g/mol. The van der Waals surface area contributed by atoms with Crippen molar-refractivity contribution in [2.75, 3.05) is 0 Å². The summed E-state index contributed by atoms with van der Waals surface area (Å²) in [6.07, 6.45) is 0.738. The van der Waals surface area contributed by atoms with Crippen LogP contribution in [0.3, 0.4) is 0 Å². The number of fused-ring (bicyclic) bond motifs is 1. The lowest BCUT2D eigenvalue weighted by Crippen LogP contribution is -2.17. The van der Waals surface area contributed by atoms with Gasteiger partial charge in [-0.15, -0.1) is 0 Å². The van der Waals surface area contributed by atoms with Crippen molar-refractivity contribution in [1.82, 2.24) is 14.8 Å². The van der Waals surface area contributed by atoms with Crippen molar-refractivity contribution in [2.24, 2.45) is 12.8 Å². The highest BCUT2D eigenvalue weighted by Crippen LogP contribution is 2.22. The molecule has 4 nitrogen and oxygen atoms in total. The summed E-state index contributed by atoms with van der Waals surface area (Å²) in [5.41, 5.74) is 11.7. The largest absolute Gasteiger partial charge is 0.322 e.